The molecule has 0 aliphatic heterocycles. The van der Waals surface area contributed by atoms with Crippen LogP contribution in [0, 0.1) is 0 Å². The third kappa shape index (κ3) is 5.29. The second-order valence-electron chi connectivity index (χ2n) is 9.00. The molecule has 0 aromatic heterocycles. The summed E-state index contributed by atoms with van der Waals surface area (Å²) in [6.45, 7) is 5.34. The Kier molecular flexibility index (Phi) is 7.74. The third-order valence-electron chi connectivity index (χ3n) is 5.61. The van der Waals surface area contributed by atoms with Gasteiger partial charge in [0, 0.05) is 7.05 Å². The minimum absolute atomic E-state index is 0.426. The fraction of sp³-hybridized carbons (Fsp3) is 0.286. The first-order valence-electron chi connectivity index (χ1n) is 11.2. The predicted molar refractivity (Wildman–Crippen MR) is 132 cm³/mol. The number of carbonyl (C=O) groups is 2. The van der Waals surface area contributed by atoms with Crippen molar-refractivity contribution in [2.24, 2.45) is 0 Å². The number of hydrogen-bond acceptors (Lipinski definition) is 4. The number of hydroxylamine groups is 2. The van der Waals surface area contributed by atoms with Gasteiger partial charge in [-0.15, -0.1) is 0 Å². The van der Waals surface area contributed by atoms with Crippen molar-refractivity contribution in [2.75, 3.05) is 14.2 Å². The topological polar surface area (TPSA) is 67.9 Å². The van der Waals surface area contributed by atoms with E-state index in [4.69, 9.17) is 9.57 Å². The monoisotopic (exact) mass is 460 g/mol. The lowest BCUT2D eigenvalue weighted by molar-refractivity contribution is -0.172. The maximum absolute atomic E-state index is 13.9. The van der Waals surface area contributed by atoms with E-state index in [0.717, 1.165) is 21.8 Å². The molecule has 0 heterocycles. The number of benzene rings is 3. The standard InChI is InChI=1S/C28H32N2O4/c1-27(2,3)34-26(32)29-24(25(31)30(4)33-5)28(21-15-9-6-10-16-21,22-17-11-7-12-18-22)23-19-13-8-14-20-23/h6-20,24H,1-5H3,(H,29,32). The Morgan fingerprint density at radius 1 is 0.765 bits per heavy atom. The number of likely N-dealkylation sites (N-methyl/N-ethyl adjacent to an activating group) is 1. The van der Waals surface area contributed by atoms with Crippen molar-refractivity contribution in [1.82, 2.24) is 10.4 Å². The molecular weight excluding hydrogens is 428 g/mol. The van der Waals surface area contributed by atoms with Crippen molar-refractivity contribution in [3.8, 4) is 0 Å². The van der Waals surface area contributed by atoms with Gasteiger partial charge < -0.3 is 10.1 Å². The zero-order valence-corrected chi connectivity index (χ0v) is 20.3. The summed E-state index contributed by atoms with van der Waals surface area (Å²) in [6.07, 6.45) is -0.692. The number of amides is 2. The van der Waals surface area contributed by atoms with Gasteiger partial charge >= 0.3 is 6.09 Å². The Labute approximate surface area is 201 Å². The SMILES string of the molecule is CON(C)C(=O)C(NC(=O)OC(C)(C)C)C(c1ccccc1)(c1ccccc1)c1ccccc1. The van der Waals surface area contributed by atoms with E-state index in [1.165, 1.54) is 14.2 Å². The summed E-state index contributed by atoms with van der Waals surface area (Å²) in [5.41, 5.74) is 0.702. The Balaban J connectivity index is 2.36. The molecule has 1 N–H and O–H groups in total. The van der Waals surface area contributed by atoms with Crippen LogP contribution in [0.3, 0.4) is 0 Å². The van der Waals surface area contributed by atoms with E-state index in [0.29, 0.717) is 0 Å². The first-order chi connectivity index (χ1) is 16.2. The van der Waals surface area contributed by atoms with Gasteiger partial charge in [0.15, 0.2) is 0 Å². The first-order valence-corrected chi connectivity index (χ1v) is 11.2. The molecule has 1 unspecified atom stereocenters. The number of alkyl carbamates (subject to hydrolysis) is 1. The second kappa shape index (κ2) is 10.5. The van der Waals surface area contributed by atoms with E-state index >= 15 is 0 Å². The molecule has 3 aromatic carbocycles. The molecule has 3 aromatic rings. The van der Waals surface area contributed by atoms with Crippen molar-refractivity contribution >= 4 is 12.0 Å². The summed E-state index contributed by atoms with van der Waals surface area (Å²) in [5.74, 6) is -0.426. The van der Waals surface area contributed by atoms with Gasteiger partial charge in [-0.1, -0.05) is 91.0 Å². The van der Waals surface area contributed by atoms with Gasteiger partial charge in [-0.2, -0.15) is 0 Å². The highest BCUT2D eigenvalue weighted by molar-refractivity contribution is 5.89. The average Bonchev–Trinajstić information content (AvgIpc) is 2.84. The highest BCUT2D eigenvalue weighted by Gasteiger charge is 2.49. The molecule has 0 bridgehead atoms. The number of carbonyl (C=O) groups excluding carboxylic acids is 2. The van der Waals surface area contributed by atoms with Gasteiger partial charge in [-0.05, 0) is 37.5 Å². The zero-order valence-electron chi connectivity index (χ0n) is 20.3. The number of hydrogen-bond donors (Lipinski definition) is 1. The number of nitrogens with one attached hydrogen (secondary N) is 1. The van der Waals surface area contributed by atoms with Crippen LogP contribution >= 0.6 is 0 Å². The Morgan fingerprint density at radius 2 is 1.15 bits per heavy atom. The number of nitrogens with zero attached hydrogens (tertiary/aromatic N) is 1. The zero-order chi connectivity index (χ0) is 24.8. The smallest absolute Gasteiger partial charge is 0.408 e. The van der Waals surface area contributed by atoms with Crippen LogP contribution < -0.4 is 5.32 Å². The molecule has 0 fully saturated rings. The van der Waals surface area contributed by atoms with Gasteiger partial charge in [0.25, 0.3) is 5.91 Å². The summed E-state index contributed by atoms with van der Waals surface area (Å²) in [5, 5.41) is 4.02. The number of ether oxygens (including phenoxy) is 1. The number of rotatable bonds is 7. The first kappa shape index (κ1) is 25.0. The van der Waals surface area contributed by atoms with Crippen molar-refractivity contribution in [1.29, 1.82) is 0 Å². The van der Waals surface area contributed by atoms with E-state index in [-0.39, 0.29) is 0 Å². The Bertz CT molecular complexity index is 983. The molecule has 3 rings (SSSR count). The summed E-state index contributed by atoms with van der Waals surface area (Å²) in [4.78, 5) is 32.2. The van der Waals surface area contributed by atoms with Gasteiger partial charge in [-0.25, -0.2) is 9.86 Å². The van der Waals surface area contributed by atoms with E-state index in [9.17, 15) is 9.59 Å². The lowest BCUT2D eigenvalue weighted by Crippen LogP contribution is -2.60. The van der Waals surface area contributed by atoms with E-state index in [1.807, 2.05) is 91.0 Å². The quantitative estimate of drug-likeness (QED) is 0.401. The largest absolute Gasteiger partial charge is 0.444 e. The molecule has 0 spiro atoms. The normalized spacial score (nSPS) is 12.5. The summed E-state index contributed by atoms with van der Waals surface area (Å²) in [7, 11) is 2.94. The maximum Gasteiger partial charge on any atom is 0.408 e. The molecule has 0 saturated heterocycles. The lowest BCUT2D eigenvalue weighted by atomic mass is 9.64. The van der Waals surface area contributed by atoms with Crippen LogP contribution in [0.15, 0.2) is 91.0 Å². The van der Waals surface area contributed by atoms with Crippen molar-refractivity contribution in [2.45, 2.75) is 37.8 Å². The summed E-state index contributed by atoms with van der Waals surface area (Å²) >= 11 is 0. The second-order valence-corrected chi connectivity index (χ2v) is 9.00. The minimum atomic E-state index is -1.08. The third-order valence-corrected chi connectivity index (χ3v) is 5.61. The van der Waals surface area contributed by atoms with Gasteiger partial charge in [0.1, 0.15) is 11.6 Å². The molecule has 34 heavy (non-hydrogen) atoms. The highest BCUT2D eigenvalue weighted by Crippen LogP contribution is 2.43. The fourth-order valence-electron chi connectivity index (χ4n) is 4.16. The van der Waals surface area contributed by atoms with Crippen LogP contribution in [0.5, 0.6) is 0 Å². The Hall–Kier alpha value is -3.64. The minimum Gasteiger partial charge on any atom is -0.444 e. The molecule has 6 nitrogen and oxygen atoms in total. The van der Waals surface area contributed by atoms with Crippen LogP contribution in [0.25, 0.3) is 0 Å². The van der Waals surface area contributed by atoms with Gasteiger partial charge in [0.2, 0.25) is 0 Å². The van der Waals surface area contributed by atoms with Crippen LogP contribution in [0.4, 0.5) is 4.79 Å². The van der Waals surface area contributed by atoms with Crippen LogP contribution in [0.2, 0.25) is 0 Å². The van der Waals surface area contributed by atoms with Crippen LogP contribution in [-0.4, -0.2) is 42.9 Å². The maximum atomic E-state index is 13.9. The molecule has 178 valence electrons. The lowest BCUT2D eigenvalue weighted by Gasteiger charge is -2.42. The molecule has 0 saturated carbocycles. The van der Waals surface area contributed by atoms with Crippen LogP contribution in [-0.2, 0) is 19.8 Å². The van der Waals surface area contributed by atoms with E-state index in [2.05, 4.69) is 5.32 Å². The van der Waals surface area contributed by atoms with E-state index in [1.54, 1.807) is 20.8 Å². The highest BCUT2D eigenvalue weighted by atomic mass is 16.7. The Morgan fingerprint density at radius 3 is 1.47 bits per heavy atom. The molecular formula is C28H32N2O4. The van der Waals surface area contributed by atoms with Gasteiger partial charge in [0.05, 0.1) is 12.5 Å². The molecule has 0 radical (unpaired) electrons. The van der Waals surface area contributed by atoms with Gasteiger partial charge in [-0.3, -0.25) is 9.63 Å². The predicted octanol–water partition coefficient (Wildman–Crippen LogP) is 4.93. The average molecular weight is 461 g/mol. The van der Waals surface area contributed by atoms with Crippen molar-refractivity contribution < 1.29 is 19.2 Å². The fourth-order valence-corrected chi connectivity index (χ4v) is 4.16. The van der Waals surface area contributed by atoms with Crippen molar-refractivity contribution in [3.05, 3.63) is 108 Å². The molecule has 2 amide bonds. The molecule has 0 aliphatic rings. The van der Waals surface area contributed by atoms with Crippen molar-refractivity contribution in [3.63, 3.8) is 0 Å². The summed E-state index contributed by atoms with van der Waals surface area (Å²) < 4.78 is 5.57. The summed E-state index contributed by atoms with van der Waals surface area (Å²) in [6, 6.07) is 28.0. The van der Waals surface area contributed by atoms with Crippen LogP contribution in [0.1, 0.15) is 37.5 Å². The molecule has 1 atom stereocenters. The molecule has 6 heteroatoms. The van der Waals surface area contributed by atoms with E-state index < -0.39 is 29.1 Å². The molecule has 0 aliphatic carbocycles.